The highest BCUT2D eigenvalue weighted by Gasteiger charge is 2.21. The summed E-state index contributed by atoms with van der Waals surface area (Å²) >= 11 is 0. The summed E-state index contributed by atoms with van der Waals surface area (Å²) in [6, 6.07) is 2.99. The van der Waals surface area contributed by atoms with Crippen molar-refractivity contribution in [1.82, 2.24) is 24.6 Å². The fourth-order valence-corrected chi connectivity index (χ4v) is 4.01. The SMILES string of the molecule is Cc1cc2ncc(-c3nc(NC4CCCC4)c(F)cc3F)n2cc1-c1cn[nH]c1. The molecule has 0 atom stereocenters. The van der Waals surface area contributed by atoms with Crippen molar-refractivity contribution in [2.75, 3.05) is 5.32 Å². The number of halogens is 2. The van der Waals surface area contributed by atoms with Gasteiger partial charge >= 0.3 is 0 Å². The highest BCUT2D eigenvalue weighted by Crippen LogP contribution is 2.30. The first-order valence-corrected chi connectivity index (χ1v) is 9.70. The molecule has 1 fully saturated rings. The number of nitrogens with zero attached hydrogens (tertiary/aromatic N) is 4. The Kier molecular flexibility index (Phi) is 4.26. The Morgan fingerprint density at radius 1 is 1.14 bits per heavy atom. The summed E-state index contributed by atoms with van der Waals surface area (Å²) in [5, 5.41) is 9.94. The number of aromatic amines is 1. The van der Waals surface area contributed by atoms with Crippen LogP contribution in [0.25, 0.3) is 28.2 Å². The van der Waals surface area contributed by atoms with Crippen LogP contribution >= 0.6 is 0 Å². The molecule has 2 N–H and O–H groups in total. The molecule has 1 aliphatic carbocycles. The van der Waals surface area contributed by atoms with Gasteiger partial charge in [0.2, 0.25) is 0 Å². The number of hydrogen-bond acceptors (Lipinski definition) is 4. The lowest BCUT2D eigenvalue weighted by Gasteiger charge is -2.15. The molecule has 0 aromatic carbocycles. The van der Waals surface area contributed by atoms with Crippen LogP contribution in [0.3, 0.4) is 0 Å². The average Bonchev–Trinajstić information content (AvgIpc) is 3.45. The molecular formula is C21H20F2N6. The largest absolute Gasteiger partial charge is 0.365 e. The molecular weight excluding hydrogens is 374 g/mol. The van der Waals surface area contributed by atoms with Crippen LogP contribution in [0.5, 0.6) is 0 Å². The van der Waals surface area contributed by atoms with Crippen molar-refractivity contribution < 1.29 is 8.78 Å². The van der Waals surface area contributed by atoms with E-state index in [-0.39, 0.29) is 17.6 Å². The lowest BCUT2D eigenvalue weighted by Crippen LogP contribution is -2.17. The second kappa shape index (κ2) is 6.95. The van der Waals surface area contributed by atoms with Crippen molar-refractivity contribution in [3.8, 4) is 22.5 Å². The van der Waals surface area contributed by atoms with E-state index in [1.807, 2.05) is 19.2 Å². The number of pyridine rings is 2. The molecule has 4 aromatic heterocycles. The number of aromatic nitrogens is 5. The van der Waals surface area contributed by atoms with Crippen LogP contribution in [0.15, 0.2) is 36.9 Å². The van der Waals surface area contributed by atoms with E-state index in [1.54, 1.807) is 23.0 Å². The smallest absolute Gasteiger partial charge is 0.168 e. The van der Waals surface area contributed by atoms with Crippen LogP contribution in [0, 0.1) is 18.6 Å². The Balaban J connectivity index is 1.62. The molecule has 29 heavy (non-hydrogen) atoms. The van der Waals surface area contributed by atoms with Gasteiger partial charge in [-0.25, -0.2) is 18.7 Å². The number of hydrogen-bond donors (Lipinski definition) is 2. The molecule has 0 unspecified atom stereocenters. The Hall–Kier alpha value is -3.29. The van der Waals surface area contributed by atoms with Crippen LogP contribution in [0.1, 0.15) is 31.2 Å². The summed E-state index contributed by atoms with van der Waals surface area (Å²) in [6.07, 6.45) is 11.1. The number of rotatable bonds is 4. The quantitative estimate of drug-likeness (QED) is 0.525. The van der Waals surface area contributed by atoms with E-state index in [9.17, 15) is 8.78 Å². The zero-order valence-corrected chi connectivity index (χ0v) is 15.9. The lowest BCUT2D eigenvalue weighted by molar-refractivity contribution is 0.574. The number of imidazole rings is 1. The molecule has 0 aliphatic heterocycles. The van der Waals surface area contributed by atoms with Crippen molar-refractivity contribution >= 4 is 11.5 Å². The summed E-state index contributed by atoms with van der Waals surface area (Å²) in [4.78, 5) is 8.70. The van der Waals surface area contributed by atoms with Crippen molar-refractivity contribution in [1.29, 1.82) is 0 Å². The summed E-state index contributed by atoms with van der Waals surface area (Å²) in [6.45, 7) is 1.98. The Labute approximate surface area is 166 Å². The van der Waals surface area contributed by atoms with Gasteiger partial charge in [-0.2, -0.15) is 5.10 Å². The number of anilines is 1. The van der Waals surface area contributed by atoms with Crippen molar-refractivity contribution in [3.63, 3.8) is 0 Å². The van der Waals surface area contributed by atoms with Gasteiger partial charge in [-0.05, 0) is 31.4 Å². The van der Waals surface area contributed by atoms with Gasteiger partial charge in [-0.15, -0.1) is 0 Å². The molecule has 0 amide bonds. The van der Waals surface area contributed by atoms with Gasteiger partial charge in [0.1, 0.15) is 11.3 Å². The summed E-state index contributed by atoms with van der Waals surface area (Å²) < 4.78 is 30.8. The number of aryl methyl sites for hydroxylation is 1. The van der Waals surface area contributed by atoms with Crippen LogP contribution in [0.4, 0.5) is 14.6 Å². The maximum atomic E-state index is 14.7. The molecule has 0 radical (unpaired) electrons. The molecule has 6 nitrogen and oxygen atoms in total. The second-order valence-electron chi connectivity index (χ2n) is 7.50. The Morgan fingerprint density at radius 3 is 2.72 bits per heavy atom. The normalized spacial score (nSPS) is 14.7. The standard InChI is InChI=1S/C21H20F2N6/c1-12-6-19-24-10-18(29(19)11-15(12)13-8-25-26-9-13)20-16(22)7-17(23)21(28-20)27-14-4-2-3-5-14/h6-11,14H,2-5H2,1H3,(H,25,26)(H,27,28). The zero-order valence-electron chi connectivity index (χ0n) is 15.9. The monoisotopic (exact) mass is 394 g/mol. The third-order valence-corrected chi connectivity index (χ3v) is 5.53. The van der Waals surface area contributed by atoms with Crippen LogP contribution in [-0.4, -0.2) is 30.6 Å². The first-order valence-electron chi connectivity index (χ1n) is 9.70. The number of nitrogens with one attached hydrogen (secondary N) is 2. The fourth-order valence-electron chi connectivity index (χ4n) is 4.01. The molecule has 8 heteroatoms. The van der Waals surface area contributed by atoms with Gasteiger partial charge in [-0.3, -0.25) is 9.50 Å². The first kappa shape index (κ1) is 17.8. The van der Waals surface area contributed by atoms with Gasteiger partial charge in [0.05, 0.1) is 18.1 Å². The average molecular weight is 394 g/mol. The van der Waals surface area contributed by atoms with Crippen molar-refractivity contribution in [2.45, 2.75) is 38.6 Å². The fraction of sp³-hybridized carbons (Fsp3) is 0.286. The molecule has 0 saturated heterocycles. The third-order valence-electron chi connectivity index (χ3n) is 5.53. The molecule has 1 aliphatic rings. The Bertz CT molecular complexity index is 1180. The highest BCUT2D eigenvalue weighted by molar-refractivity contribution is 5.71. The van der Waals surface area contributed by atoms with Crippen molar-refractivity contribution in [2.24, 2.45) is 0 Å². The molecule has 0 spiro atoms. The highest BCUT2D eigenvalue weighted by atomic mass is 19.1. The van der Waals surface area contributed by atoms with E-state index >= 15 is 0 Å². The Morgan fingerprint density at radius 2 is 1.97 bits per heavy atom. The van der Waals surface area contributed by atoms with Crippen LogP contribution in [0.2, 0.25) is 0 Å². The van der Waals surface area contributed by atoms with Gasteiger partial charge in [0.25, 0.3) is 0 Å². The molecule has 0 bridgehead atoms. The van der Waals surface area contributed by atoms with E-state index in [0.717, 1.165) is 48.4 Å². The minimum absolute atomic E-state index is 0.0707. The first-order chi connectivity index (χ1) is 14.1. The second-order valence-corrected chi connectivity index (χ2v) is 7.50. The predicted octanol–water partition coefficient (Wildman–Crippen LogP) is 4.73. The van der Waals surface area contributed by atoms with Crippen LogP contribution < -0.4 is 5.32 Å². The molecule has 1 saturated carbocycles. The molecule has 148 valence electrons. The molecule has 4 aromatic rings. The summed E-state index contributed by atoms with van der Waals surface area (Å²) in [5.74, 6) is -1.31. The van der Waals surface area contributed by atoms with Crippen LogP contribution in [-0.2, 0) is 0 Å². The topological polar surface area (TPSA) is 70.9 Å². The summed E-state index contributed by atoms with van der Waals surface area (Å²) in [5.41, 5.74) is 4.09. The maximum Gasteiger partial charge on any atom is 0.168 e. The van der Waals surface area contributed by atoms with E-state index < -0.39 is 11.6 Å². The van der Waals surface area contributed by atoms with E-state index in [4.69, 9.17) is 0 Å². The summed E-state index contributed by atoms with van der Waals surface area (Å²) in [7, 11) is 0. The number of H-pyrrole nitrogens is 1. The molecule has 4 heterocycles. The number of fused-ring (bicyclic) bond motifs is 1. The van der Waals surface area contributed by atoms with Gasteiger partial charge in [0, 0.05) is 35.6 Å². The maximum absolute atomic E-state index is 14.7. The van der Waals surface area contributed by atoms with Gasteiger partial charge < -0.3 is 5.32 Å². The van der Waals surface area contributed by atoms with Gasteiger partial charge in [-0.1, -0.05) is 12.8 Å². The van der Waals surface area contributed by atoms with E-state index in [2.05, 4.69) is 25.5 Å². The lowest BCUT2D eigenvalue weighted by atomic mass is 10.1. The van der Waals surface area contributed by atoms with Crippen molar-refractivity contribution in [3.05, 3.63) is 54.1 Å². The zero-order chi connectivity index (χ0) is 20.0. The minimum Gasteiger partial charge on any atom is -0.365 e. The third kappa shape index (κ3) is 3.14. The van der Waals surface area contributed by atoms with E-state index in [0.29, 0.717) is 11.3 Å². The van der Waals surface area contributed by atoms with E-state index in [1.165, 1.54) is 0 Å². The predicted molar refractivity (Wildman–Crippen MR) is 107 cm³/mol. The minimum atomic E-state index is -0.716. The molecule has 5 rings (SSSR count). The van der Waals surface area contributed by atoms with Gasteiger partial charge in [0.15, 0.2) is 17.5 Å².